The van der Waals surface area contributed by atoms with Crippen LogP contribution in [0.25, 0.3) is 0 Å². The van der Waals surface area contributed by atoms with Crippen molar-refractivity contribution in [3.05, 3.63) is 29.3 Å². The number of carboxylic acid groups (broad SMARTS) is 1. The Kier molecular flexibility index (Phi) is 5.54. The third-order valence-corrected chi connectivity index (χ3v) is 4.92. The summed E-state index contributed by atoms with van der Waals surface area (Å²) in [5.41, 5.74) is 1.81. The molecular formula is C14H20O4S. The molecule has 5 heteroatoms. The molecule has 1 aromatic carbocycles. The lowest BCUT2D eigenvalue weighted by Gasteiger charge is -2.08. The summed E-state index contributed by atoms with van der Waals surface area (Å²) in [6, 6.07) is 5.30. The van der Waals surface area contributed by atoms with Gasteiger partial charge in [0.2, 0.25) is 0 Å². The molecule has 1 rings (SSSR count). The van der Waals surface area contributed by atoms with Gasteiger partial charge in [-0.2, -0.15) is 0 Å². The summed E-state index contributed by atoms with van der Waals surface area (Å²) in [6.07, 6.45) is 1.75. The van der Waals surface area contributed by atoms with Crippen molar-refractivity contribution < 1.29 is 18.3 Å². The second-order valence-electron chi connectivity index (χ2n) is 4.79. The Morgan fingerprint density at radius 2 is 1.84 bits per heavy atom. The standard InChI is InChI=1S/C14H20O4S/c1-11-7-8-13(12(2)10-11)19(17,18)9-5-3-4-6-14(15)16/h7-8,10H,3-6,9H2,1-2H3,(H,15,16). The van der Waals surface area contributed by atoms with Gasteiger partial charge in [0.25, 0.3) is 0 Å². The molecule has 0 spiro atoms. The van der Waals surface area contributed by atoms with Crippen LogP contribution in [0.3, 0.4) is 0 Å². The Hall–Kier alpha value is -1.36. The number of carbonyl (C=O) groups is 1. The van der Waals surface area contributed by atoms with Gasteiger partial charge < -0.3 is 5.11 Å². The normalized spacial score (nSPS) is 11.5. The van der Waals surface area contributed by atoms with E-state index in [0.717, 1.165) is 11.1 Å². The SMILES string of the molecule is Cc1ccc(S(=O)(=O)CCCCCC(=O)O)c(C)c1. The number of benzene rings is 1. The van der Waals surface area contributed by atoms with Crippen molar-refractivity contribution >= 4 is 15.8 Å². The maximum Gasteiger partial charge on any atom is 0.303 e. The van der Waals surface area contributed by atoms with Gasteiger partial charge in [0, 0.05) is 6.42 Å². The number of hydrogen-bond donors (Lipinski definition) is 1. The largest absolute Gasteiger partial charge is 0.481 e. The van der Waals surface area contributed by atoms with Gasteiger partial charge in [-0.1, -0.05) is 24.1 Å². The Morgan fingerprint density at radius 1 is 1.16 bits per heavy atom. The van der Waals surface area contributed by atoms with E-state index in [1.807, 2.05) is 13.0 Å². The number of aliphatic carboxylic acids is 1. The van der Waals surface area contributed by atoms with Gasteiger partial charge in [-0.15, -0.1) is 0 Å². The molecule has 0 aliphatic heterocycles. The number of sulfone groups is 1. The first kappa shape index (κ1) is 15.7. The van der Waals surface area contributed by atoms with Gasteiger partial charge in [0.1, 0.15) is 0 Å². The molecule has 0 saturated carbocycles. The number of rotatable bonds is 7. The highest BCUT2D eigenvalue weighted by atomic mass is 32.2. The van der Waals surface area contributed by atoms with Crippen LogP contribution in [0.5, 0.6) is 0 Å². The Balaban J connectivity index is 2.59. The molecule has 1 N–H and O–H groups in total. The smallest absolute Gasteiger partial charge is 0.303 e. The second-order valence-corrected chi connectivity index (χ2v) is 6.87. The molecule has 0 amide bonds. The maximum atomic E-state index is 12.1. The van der Waals surface area contributed by atoms with Crippen LogP contribution < -0.4 is 0 Å². The van der Waals surface area contributed by atoms with Gasteiger partial charge in [0.15, 0.2) is 9.84 Å². The van der Waals surface area contributed by atoms with Crippen LogP contribution in [-0.2, 0) is 14.6 Å². The van der Waals surface area contributed by atoms with Crippen LogP contribution in [0.15, 0.2) is 23.1 Å². The molecule has 0 aromatic heterocycles. The highest BCUT2D eigenvalue weighted by molar-refractivity contribution is 7.91. The number of hydrogen-bond acceptors (Lipinski definition) is 3. The minimum absolute atomic E-state index is 0.0799. The summed E-state index contributed by atoms with van der Waals surface area (Å²) in [5.74, 6) is -0.756. The molecule has 19 heavy (non-hydrogen) atoms. The van der Waals surface area contributed by atoms with Crippen molar-refractivity contribution in [3.8, 4) is 0 Å². The number of carboxylic acids is 1. The van der Waals surface area contributed by atoms with E-state index in [9.17, 15) is 13.2 Å². The highest BCUT2D eigenvalue weighted by Crippen LogP contribution is 2.19. The van der Waals surface area contributed by atoms with Crippen molar-refractivity contribution in [2.24, 2.45) is 0 Å². The summed E-state index contributed by atoms with van der Waals surface area (Å²) in [6.45, 7) is 3.72. The second kappa shape index (κ2) is 6.70. The first-order valence-electron chi connectivity index (χ1n) is 6.35. The van der Waals surface area contributed by atoms with E-state index >= 15 is 0 Å². The van der Waals surface area contributed by atoms with E-state index in [1.165, 1.54) is 0 Å². The molecule has 0 heterocycles. The fourth-order valence-electron chi connectivity index (χ4n) is 2.00. The van der Waals surface area contributed by atoms with Crippen LogP contribution in [-0.4, -0.2) is 25.2 Å². The third kappa shape index (κ3) is 5.03. The zero-order valence-corrected chi connectivity index (χ0v) is 12.2. The average Bonchev–Trinajstić information content (AvgIpc) is 2.27. The quantitative estimate of drug-likeness (QED) is 0.781. The predicted molar refractivity (Wildman–Crippen MR) is 74.1 cm³/mol. The molecule has 0 atom stereocenters. The first-order valence-corrected chi connectivity index (χ1v) is 8.00. The lowest BCUT2D eigenvalue weighted by molar-refractivity contribution is -0.137. The van der Waals surface area contributed by atoms with Gasteiger partial charge in [0.05, 0.1) is 10.6 Å². The van der Waals surface area contributed by atoms with Crippen LogP contribution in [0.2, 0.25) is 0 Å². The van der Waals surface area contributed by atoms with Crippen molar-refractivity contribution in [2.45, 2.75) is 44.4 Å². The topological polar surface area (TPSA) is 71.4 Å². The van der Waals surface area contributed by atoms with Gasteiger partial charge >= 0.3 is 5.97 Å². The fraction of sp³-hybridized carbons (Fsp3) is 0.500. The molecule has 0 aliphatic rings. The summed E-state index contributed by atoms with van der Waals surface area (Å²) >= 11 is 0. The average molecular weight is 284 g/mol. The molecular weight excluding hydrogens is 264 g/mol. The Labute approximate surface area is 114 Å². The van der Waals surface area contributed by atoms with Gasteiger partial charge in [-0.3, -0.25) is 4.79 Å². The highest BCUT2D eigenvalue weighted by Gasteiger charge is 2.16. The summed E-state index contributed by atoms with van der Waals surface area (Å²) in [4.78, 5) is 10.7. The zero-order valence-electron chi connectivity index (χ0n) is 11.3. The molecule has 0 saturated heterocycles. The minimum atomic E-state index is -3.26. The molecule has 106 valence electrons. The first-order chi connectivity index (χ1) is 8.83. The van der Waals surface area contributed by atoms with E-state index < -0.39 is 15.8 Å². The molecule has 0 aliphatic carbocycles. The molecule has 0 fully saturated rings. The van der Waals surface area contributed by atoms with Crippen LogP contribution in [0, 0.1) is 13.8 Å². The maximum absolute atomic E-state index is 12.1. The van der Waals surface area contributed by atoms with Gasteiger partial charge in [-0.25, -0.2) is 8.42 Å². The van der Waals surface area contributed by atoms with Crippen molar-refractivity contribution in [1.29, 1.82) is 0 Å². The summed E-state index contributed by atoms with van der Waals surface area (Å²) in [5, 5.41) is 8.49. The summed E-state index contributed by atoms with van der Waals surface area (Å²) < 4.78 is 24.3. The minimum Gasteiger partial charge on any atom is -0.481 e. The van der Waals surface area contributed by atoms with E-state index in [4.69, 9.17) is 5.11 Å². The molecule has 0 bridgehead atoms. The number of aryl methyl sites for hydroxylation is 2. The zero-order chi connectivity index (χ0) is 14.5. The lowest BCUT2D eigenvalue weighted by Crippen LogP contribution is -2.09. The van der Waals surface area contributed by atoms with Crippen LogP contribution >= 0.6 is 0 Å². The monoisotopic (exact) mass is 284 g/mol. The van der Waals surface area contributed by atoms with E-state index in [-0.39, 0.29) is 12.2 Å². The predicted octanol–water partition coefficient (Wildman–Crippen LogP) is 2.72. The molecule has 1 aromatic rings. The molecule has 0 radical (unpaired) electrons. The van der Waals surface area contributed by atoms with Gasteiger partial charge in [-0.05, 0) is 38.3 Å². The van der Waals surface area contributed by atoms with Crippen LogP contribution in [0.4, 0.5) is 0 Å². The Morgan fingerprint density at radius 3 is 2.42 bits per heavy atom. The van der Waals surface area contributed by atoms with E-state index in [0.29, 0.717) is 24.2 Å². The third-order valence-electron chi connectivity index (χ3n) is 2.97. The lowest BCUT2D eigenvalue weighted by atomic mass is 10.2. The fourth-order valence-corrected chi connectivity index (χ4v) is 3.63. The van der Waals surface area contributed by atoms with Crippen LogP contribution in [0.1, 0.15) is 36.8 Å². The number of unbranched alkanes of at least 4 members (excludes halogenated alkanes) is 2. The molecule has 4 nitrogen and oxygen atoms in total. The van der Waals surface area contributed by atoms with Crippen molar-refractivity contribution in [2.75, 3.05) is 5.75 Å². The Bertz CT molecular complexity index is 547. The van der Waals surface area contributed by atoms with E-state index in [1.54, 1.807) is 19.1 Å². The van der Waals surface area contributed by atoms with Crippen molar-refractivity contribution in [1.82, 2.24) is 0 Å². The molecule has 0 unspecified atom stereocenters. The summed E-state index contributed by atoms with van der Waals surface area (Å²) in [7, 11) is -3.26. The van der Waals surface area contributed by atoms with E-state index in [2.05, 4.69) is 0 Å². The van der Waals surface area contributed by atoms with Crippen molar-refractivity contribution in [3.63, 3.8) is 0 Å².